The number of carbonyl (C=O) groups excluding carboxylic acids is 2. The molecule has 1 aromatic heterocycles. The molecular weight excluding hydrogens is 350 g/mol. The van der Waals surface area contributed by atoms with Crippen LogP contribution in [-0.4, -0.2) is 65.3 Å². The summed E-state index contributed by atoms with van der Waals surface area (Å²) in [6.45, 7) is 9.74. The minimum Gasteiger partial charge on any atom is -0.461 e. The van der Waals surface area contributed by atoms with Crippen LogP contribution in [0, 0.1) is 0 Å². The Hall–Kier alpha value is -2.35. The predicted molar refractivity (Wildman–Crippen MR) is 98.4 cm³/mol. The van der Waals surface area contributed by atoms with Crippen molar-refractivity contribution in [3.05, 3.63) is 23.5 Å². The summed E-state index contributed by atoms with van der Waals surface area (Å²) in [6, 6.07) is 0.0138. The van der Waals surface area contributed by atoms with Gasteiger partial charge in [-0.1, -0.05) is 6.08 Å². The Bertz CT molecular complexity index is 741. The Morgan fingerprint density at radius 1 is 1.33 bits per heavy atom. The van der Waals surface area contributed by atoms with E-state index in [-0.39, 0.29) is 12.1 Å². The Balaban J connectivity index is 1.74. The lowest BCUT2D eigenvalue weighted by atomic mass is 10.0. The number of ether oxygens (including phenoxy) is 3. The maximum absolute atomic E-state index is 12.3. The van der Waals surface area contributed by atoms with E-state index in [9.17, 15) is 9.59 Å². The molecule has 3 heterocycles. The zero-order chi connectivity index (χ0) is 19.6. The molecule has 2 aliphatic rings. The first kappa shape index (κ1) is 19.4. The highest BCUT2D eigenvalue weighted by Gasteiger charge is 2.36. The van der Waals surface area contributed by atoms with E-state index in [0.717, 1.165) is 17.6 Å². The summed E-state index contributed by atoms with van der Waals surface area (Å²) < 4.78 is 17.7. The number of rotatable bonds is 4. The van der Waals surface area contributed by atoms with Crippen molar-refractivity contribution in [1.29, 1.82) is 0 Å². The van der Waals surface area contributed by atoms with Crippen molar-refractivity contribution in [3.63, 3.8) is 0 Å². The fraction of sp³-hybridized carbons (Fsp3) is 0.632. The van der Waals surface area contributed by atoms with Crippen LogP contribution in [0.5, 0.6) is 0 Å². The maximum atomic E-state index is 12.3. The van der Waals surface area contributed by atoms with Gasteiger partial charge in [-0.2, -0.15) is 5.10 Å². The first-order valence-corrected chi connectivity index (χ1v) is 9.30. The largest absolute Gasteiger partial charge is 0.461 e. The van der Waals surface area contributed by atoms with Crippen molar-refractivity contribution in [1.82, 2.24) is 14.7 Å². The predicted octanol–water partition coefficient (Wildman–Crippen LogP) is 2.66. The molecule has 0 bridgehead atoms. The standard InChI is InChI=1S/C19H27N3O5/c1-5-26-17(23)16-15(13-6-8-25-9-7-13)12-22(20-16)14-10-21(11-14)18(24)27-19(2,3)4/h6,12,14H,5,7-11H2,1-4H3. The third kappa shape index (κ3) is 4.50. The number of hydrogen-bond acceptors (Lipinski definition) is 6. The van der Waals surface area contributed by atoms with Crippen molar-refractivity contribution in [2.75, 3.05) is 32.9 Å². The van der Waals surface area contributed by atoms with Crippen LogP contribution in [0.3, 0.4) is 0 Å². The van der Waals surface area contributed by atoms with Gasteiger partial charge >= 0.3 is 12.1 Å². The fourth-order valence-electron chi connectivity index (χ4n) is 3.03. The van der Waals surface area contributed by atoms with Crippen LogP contribution in [-0.2, 0) is 14.2 Å². The number of hydrogen-bond donors (Lipinski definition) is 0. The maximum Gasteiger partial charge on any atom is 0.410 e. The second kappa shape index (κ2) is 7.72. The molecule has 0 spiro atoms. The van der Waals surface area contributed by atoms with Gasteiger partial charge in [-0.3, -0.25) is 4.68 Å². The van der Waals surface area contributed by atoms with Gasteiger partial charge in [0.15, 0.2) is 5.69 Å². The van der Waals surface area contributed by atoms with E-state index in [1.54, 1.807) is 16.5 Å². The minimum absolute atomic E-state index is 0.0138. The lowest BCUT2D eigenvalue weighted by molar-refractivity contribution is -0.000566. The number of amides is 1. The fourth-order valence-corrected chi connectivity index (χ4v) is 3.03. The molecule has 0 aliphatic carbocycles. The second-order valence-electron chi connectivity index (χ2n) is 7.69. The molecule has 0 unspecified atom stereocenters. The Kier molecular flexibility index (Phi) is 5.55. The van der Waals surface area contributed by atoms with E-state index in [1.165, 1.54) is 0 Å². The quantitative estimate of drug-likeness (QED) is 0.750. The summed E-state index contributed by atoms with van der Waals surface area (Å²) in [4.78, 5) is 26.1. The number of likely N-dealkylation sites (tertiary alicyclic amines) is 1. The van der Waals surface area contributed by atoms with E-state index in [4.69, 9.17) is 14.2 Å². The Labute approximate surface area is 159 Å². The molecular formula is C19H27N3O5. The molecule has 1 aromatic rings. The van der Waals surface area contributed by atoms with Crippen molar-refractivity contribution < 1.29 is 23.8 Å². The van der Waals surface area contributed by atoms with Gasteiger partial charge < -0.3 is 19.1 Å². The number of esters is 1. The molecule has 1 amide bonds. The number of carbonyl (C=O) groups is 2. The van der Waals surface area contributed by atoms with E-state index < -0.39 is 11.6 Å². The number of nitrogens with zero attached hydrogens (tertiary/aromatic N) is 3. The molecule has 3 rings (SSSR count). The van der Waals surface area contributed by atoms with Gasteiger partial charge in [0.1, 0.15) is 5.60 Å². The molecule has 8 heteroatoms. The first-order chi connectivity index (χ1) is 12.8. The average Bonchev–Trinajstić information content (AvgIpc) is 2.98. The molecule has 0 atom stereocenters. The summed E-state index contributed by atoms with van der Waals surface area (Å²) in [7, 11) is 0. The molecule has 0 saturated carbocycles. The van der Waals surface area contributed by atoms with Gasteiger partial charge in [0.25, 0.3) is 0 Å². The lowest BCUT2D eigenvalue weighted by Crippen LogP contribution is -2.52. The molecule has 148 valence electrons. The Morgan fingerprint density at radius 3 is 2.67 bits per heavy atom. The molecule has 27 heavy (non-hydrogen) atoms. The molecule has 8 nitrogen and oxygen atoms in total. The second-order valence-corrected chi connectivity index (χ2v) is 7.69. The summed E-state index contributed by atoms with van der Waals surface area (Å²) in [5.41, 5.74) is 1.63. The van der Waals surface area contributed by atoms with Gasteiger partial charge in [-0.25, -0.2) is 9.59 Å². The van der Waals surface area contributed by atoms with E-state index in [1.807, 2.05) is 33.0 Å². The zero-order valence-electron chi connectivity index (χ0n) is 16.4. The highest BCUT2D eigenvalue weighted by atomic mass is 16.6. The van der Waals surface area contributed by atoms with Crippen LogP contribution in [0.25, 0.3) is 5.57 Å². The van der Waals surface area contributed by atoms with Crippen molar-refractivity contribution >= 4 is 17.6 Å². The monoisotopic (exact) mass is 377 g/mol. The van der Waals surface area contributed by atoms with Crippen LogP contribution in [0.1, 0.15) is 56.2 Å². The van der Waals surface area contributed by atoms with Crippen molar-refractivity contribution in [2.24, 2.45) is 0 Å². The molecule has 0 radical (unpaired) electrons. The van der Waals surface area contributed by atoms with Crippen molar-refractivity contribution in [2.45, 2.75) is 45.8 Å². The normalized spacial score (nSPS) is 17.9. The van der Waals surface area contributed by atoms with E-state index in [2.05, 4.69) is 5.10 Å². The third-order valence-electron chi connectivity index (χ3n) is 4.40. The molecule has 2 aliphatic heterocycles. The van der Waals surface area contributed by atoms with Crippen LogP contribution in [0.4, 0.5) is 4.79 Å². The van der Waals surface area contributed by atoms with Crippen LogP contribution < -0.4 is 0 Å². The van der Waals surface area contributed by atoms with E-state index >= 15 is 0 Å². The van der Waals surface area contributed by atoms with Gasteiger partial charge in [0.2, 0.25) is 0 Å². The molecule has 0 aromatic carbocycles. The first-order valence-electron chi connectivity index (χ1n) is 9.30. The molecule has 1 saturated heterocycles. The summed E-state index contributed by atoms with van der Waals surface area (Å²) in [5.74, 6) is -0.429. The van der Waals surface area contributed by atoms with Gasteiger partial charge in [-0.15, -0.1) is 0 Å². The zero-order valence-corrected chi connectivity index (χ0v) is 16.4. The molecule has 1 fully saturated rings. The van der Waals surface area contributed by atoms with Crippen LogP contribution in [0.15, 0.2) is 12.3 Å². The molecule has 0 N–H and O–H groups in total. The minimum atomic E-state index is -0.520. The summed E-state index contributed by atoms with van der Waals surface area (Å²) >= 11 is 0. The Morgan fingerprint density at radius 2 is 2.07 bits per heavy atom. The van der Waals surface area contributed by atoms with Gasteiger partial charge in [0.05, 0.1) is 25.9 Å². The smallest absolute Gasteiger partial charge is 0.410 e. The van der Waals surface area contributed by atoms with Crippen LogP contribution in [0.2, 0.25) is 0 Å². The summed E-state index contributed by atoms with van der Waals surface area (Å²) in [6.07, 6.45) is 4.25. The highest BCUT2D eigenvalue weighted by Crippen LogP contribution is 2.29. The average molecular weight is 377 g/mol. The lowest BCUT2D eigenvalue weighted by Gasteiger charge is -2.39. The van der Waals surface area contributed by atoms with Gasteiger partial charge in [-0.05, 0) is 39.7 Å². The number of aromatic nitrogens is 2. The summed E-state index contributed by atoms with van der Waals surface area (Å²) in [5, 5.41) is 4.48. The third-order valence-corrected chi connectivity index (χ3v) is 4.40. The highest BCUT2D eigenvalue weighted by molar-refractivity contribution is 5.93. The van der Waals surface area contributed by atoms with E-state index in [0.29, 0.717) is 38.6 Å². The SMILES string of the molecule is CCOC(=O)c1nn(C2CN(C(=O)OC(C)(C)C)C2)cc1C1=CCOCC1. The van der Waals surface area contributed by atoms with Crippen molar-refractivity contribution in [3.8, 4) is 0 Å². The van der Waals surface area contributed by atoms with Crippen LogP contribution >= 0.6 is 0 Å². The van der Waals surface area contributed by atoms with Gasteiger partial charge in [0, 0.05) is 24.8 Å². The topological polar surface area (TPSA) is 82.9 Å².